The van der Waals surface area contributed by atoms with E-state index in [0.717, 1.165) is 25.9 Å². The molecule has 0 unspecified atom stereocenters. The van der Waals surface area contributed by atoms with Gasteiger partial charge in [0.05, 0.1) is 5.69 Å². The highest BCUT2D eigenvalue weighted by atomic mass is 79.9. The van der Waals surface area contributed by atoms with Crippen molar-refractivity contribution in [2.75, 3.05) is 19.6 Å². The van der Waals surface area contributed by atoms with E-state index in [1.807, 2.05) is 6.92 Å². The first kappa shape index (κ1) is 18.2. The first-order chi connectivity index (χ1) is 10.8. The van der Waals surface area contributed by atoms with Crippen molar-refractivity contribution in [3.8, 4) is 0 Å². The average Bonchev–Trinajstić information content (AvgIpc) is 2.72. The van der Waals surface area contributed by atoms with E-state index < -0.39 is 0 Å². The summed E-state index contributed by atoms with van der Waals surface area (Å²) in [6.07, 6.45) is 2.03. The smallest absolute Gasteiger partial charge is 0.268 e. The van der Waals surface area contributed by atoms with Crippen LogP contribution in [0, 0.1) is 11.8 Å². The zero-order valence-electron chi connectivity index (χ0n) is 14.3. The van der Waals surface area contributed by atoms with E-state index in [0.29, 0.717) is 27.7 Å². The third-order valence-corrected chi connectivity index (χ3v) is 5.06. The minimum absolute atomic E-state index is 0.0633. The summed E-state index contributed by atoms with van der Waals surface area (Å²) in [5.41, 5.74) is 0.965. The Morgan fingerprint density at radius 1 is 1.43 bits per heavy atom. The second-order valence-electron chi connectivity index (χ2n) is 6.98. The number of nitrogens with one attached hydrogen (secondary N) is 1. The summed E-state index contributed by atoms with van der Waals surface area (Å²) in [6, 6.07) is 1.75. The summed E-state index contributed by atoms with van der Waals surface area (Å²) in [7, 11) is 1.72. The lowest BCUT2D eigenvalue weighted by Crippen LogP contribution is -2.47. The number of halogens is 1. The van der Waals surface area contributed by atoms with Gasteiger partial charge in [-0.2, -0.15) is 0 Å². The summed E-state index contributed by atoms with van der Waals surface area (Å²) in [5.74, 6) is 1.27. The number of carbonyl (C=O) groups excluding carboxylic acids is 2. The molecule has 1 aliphatic rings. The van der Waals surface area contributed by atoms with Crippen molar-refractivity contribution in [1.82, 2.24) is 14.8 Å². The molecule has 1 fully saturated rings. The third kappa shape index (κ3) is 4.44. The van der Waals surface area contributed by atoms with E-state index in [2.05, 4.69) is 40.0 Å². The molecule has 0 bridgehead atoms. The van der Waals surface area contributed by atoms with Crippen LogP contribution in [-0.4, -0.2) is 47.3 Å². The summed E-state index contributed by atoms with van der Waals surface area (Å²) >= 11 is 3.32. The van der Waals surface area contributed by atoms with Gasteiger partial charge in [0, 0.05) is 37.2 Å². The zero-order valence-corrected chi connectivity index (χ0v) is 15.9. The molecule has 0 spiro atoms. The van der Waals surface area contributed by atoms with Gasteiger partial charge in [0.25, 0.3) is 5.91 Å². The summed E-state index contributed by atoms with van der Waals surface area (Å²) in [6.45, 7) is 9.64. The molecule has 1 aliphatic heterocycles. The van der Waals surface area contributed by atoms with E-state index in [1.165, 1.54) is 6.42 Å². The molecule has 23 heavy (non-hydrogen) atoms. The number of hydrogen-bond acceptors (Lipinski definition) is 3. The van der Waals surface area contributed by atoms with Crippen LogP contribution < -0.4 is 5.32 Å². The van der Waals surface area contributed by atoms with E-state index >= 15 is 0 Å². The normalized spacial score (nSPS) is 23.5. The van der Waals surface area contributed by atoms with Gasteiger partial charge in [-0.25, -0.2) is 0 Å². The van der Waals surface area contributed by atoms with E-state index in [1.54, 1.807) is 17.7 Å². The molecular formula is C17H26BrN3O2. The van der Waals surface area contributed by atoms with Gasteiger partial charge >= 0.3 is 0 Å². The van der Waals surface area contributed by atoms with Gasteiger partial charge < -0.3 is 14.8 Å². The van der Waals surface area contributed by atoms with Gasteiger partial charge in [-0.15, -0.1) is 0 Å². The lowest BCUT2D eigenvalue weighted by Gasteiger charge is -2.36. The minimum atomic E-state index is -0.146. The van der Waals surface area contributed by atoms with E-state index in [-0.39, 0.29) is 11.9 Å². The Hall–Kier alpha value is -1.14. The van der Waals surface area contributed by atoms with Gasteiger partial charge in [0.15, 0.2) is 6.29 Å². The van der Waals surface area contributed by atoms with Crippen LogP contribution in [0.4, 0.5) is 0 Å². The van der Waals surface area contributed by atoms with Gasteiger partial charge in [-0.3, -0.25) is 9.59 Å². The van der Waals surface area contributed by atoms with Crippen molar-refractivity contribution in [3.63, 3.8) is 0 Å². The fourth-order valence-corrected chi connectivity index (χ4v) is 4.18. The molecule has 1 aromatic heterocycles. The van der Waals surface area contributed by atoms with E-state index in [4.69, 9.17) is 0 Å². The van der Waals surface area contributed by atoms with Crippen molar-refractivity contribution in [2.45, 2.75) is 33.2 Å². The monoisotopic (exact) mass is 383 g/mol. The van der Waals surface area contributed by atoms with Crippen LogP contribution in [0.15, 0.2) is 10.5 Å². The third-order valence-electron chi connectivity index (χ3n) is 4.43. The molecule has 0 saturated carbocycles. The number of nitrogens with zero attached hydrogens (tertiary/aromatic N) is 2. The maximum Gasteiger partial charge on any atom is 0.268 e. The number of hydrogen-bond donors (Lipinski definition) is 1. The summed E-state index contributed by atoms with van der Waals surface area (Å²) < 4.78 is 2.26. The maximum absolute atomic E-state index is 12.4. The van der Waals surface area contributed by atoms with Gasteiger partial charge in [-0.05, 0) is 47.2 Å². The van der Waals surface area contributed by atoms with Crippen molar-refractivity contribution in [2.24, 2.45) is 18.9 Å². The molecule has 2 rings (SSSR count). The maximum atomic E-state index is 12.4. The number of carbonyl (C=O) groups is 2. The first-order valence-corrected chi connectivity index (χ1v) is 8.94. The highest BCUT2D eigenvalue weighted by Crippen LogP contribution is 2.21. The lowest BCUT2D eigenvalue weighted by molar-refractivity contribution is 0.0897. The predicted octanol–water partition coefficient (Wildman–Crippen LogP) is 2.70. The Labute approximate surface area is 146 Å². The highest BCUT2D eigenvalue weighted by molar-refractivity contribution is 9.10. The average molecular weight is 384 g/mol. The number of amides is 1. The van der Waals surface area contributed by atoms with Crippen molar-refractivity contribution < 1.29 is 9.59 Å². The number of rotatable bonds is 5. The quantitative estimate of drug-likeness (QED) is 0.795. The molecule has 128 valence electrons. The molecule has 6 heteroatoms. The van der Waals surface area contributed by atoms with Crippen LogP contribution in [0.25, 0.3) is 0 Å². The largest absolute Gasteiger partial charge is 0.347 e. The molecule has 1 saturated heterocycles. The van der Waals surface area contributed by atoms with Crippen LogP contribution in [0.5, 0.6) is 0 Å². The molecule has 2 heterocycles. The number of aldehydes is 1. The fraction of sp³-hybridized carbons (Fsp3) is 0.647. The molecule has 5 nitrogen and oxygen atoms in total. The standard InChI is InChI=1S/C17H26BrN3O2/c1-11-5-12(2)8-21(7-11)9-13(3)19-17(23)15-6-14(18)16(10-22)20(15)4/h6,10-13H,5,7-9H2,1-4H3,(H,19,23)/t11-,12-,13-/m1/s1. The Kier molecular flexibility index (Phi) is 6.03. The first-order valence-electron chi connectivity index (χ1n) is 8.15. The summed E-state index contributed by atoms with van der Waals surface area (Å²) in [5, 5.41) is 3.04. The SMILES string of the molecule is C[C@@H]1C[C@@H](C)CN(C[C@@H](C)NC(=O)c2cc(Br)c(C=O)n2C)C1. The van der Waals surface area contributed by atoms with Crippen molar-refractivity contribution >= 4 is 28.1 Å². The molecule has 0 radical (unpaired) electrons. The topological polar surface area (TPSA) is 54.3 Å². The number of piperidine rings is 1. The van der Waals surface area contributed by atoms with Gasteiger partial charge in [-0.1, -0.05) is 13.8 Å². The molecular weight excluding hydrogens is 358 g/mol. The van der Waals surface area contributed by atoms with E-state index in [9.17, 15) is 9.59 Å². The van der Waals surface area contributed by atoms with Crippen molar-refractivity contribution in [3.05, 3.63) is 21.9 Å². The molecule has 1 aromatic rings. The number of likely N-dealkylation sites (tertiary alicyclic amines) is 1. The Morgan fingerprint density at radius 2 is 2.04 bits per heavy atom. The Balaban J connectivity index is 1.96. The van der Waals surface area contributed by atoms with Crippen LogP contribution >= 0.6 is 15.9 Å². The second-order valence-corrected chi connectivity index (χ2v) is 7.83. The van der Waals surface area contributed by atoms with Crippen LogP contribution in [0.2, 0.25) is 0 Å². The predicted molar refractivity (Wildman–Crippen MR) is 94.8 cm³/mol. The van der Waals surface area contributed by atoms with Gasteiger partial charge in [0.2, 0.25) is 0 Å². The molecule has 0 aliphatic carbocycles. The molecule has 1 amide bonds. The Bertz CT molecular complexity index is 575. The van der Waals surface area contributed by atoms with Crippen LogP contribution in [0.3, 0.4) is 0 Å². The molecule has 0 aromatic carbocycles. The molecule has 3 atom stereocenters. The van der Waals surface area contributed by atoms with Crippen LogP contribution in [-0.2, 0) is 7.05 Å². The molecule has 1 N–H and O–H groups in total. The summed E-state index contributed by atoms with van der Waals surface area (Å²) in [4.78, 5) is 25.9. The fourth-order valence-electron chi connectivity index (χ4n) is 3.61. The van der Waals surface area contributed by atoms with Crippen molar-refractivity contribution in [1.29, 1.82) is 0 Å². The second kappa shape index (κ2) is 7.62. The van der Waals surface area contributed by atoms with Crippen LogP contribution in [0.1, 0.15) is 48.2 Å². The van der Waals surface area contributed by atoms with Gasteiger partial charge in [0.1, 0.15) is 5.69 Å². The minimum Gasteiger partial charge on any atom is -0.347 e. The Morgan fingerprint density at radius 3 is 2.57 bits per heavy atom. The lowest BCUT2D eigenvalue weighted by atomic mass is 9.92. The zero-order chi connectivity index (χ0) is 17.1. The number of aromatic nitrogens is 1. The highest BCUT2D eigenvalue weighted by Gasteiger charge is 2.24.